The minimum atomic E-state index is -0.632. The van der Waals surface area contributed by atoms with E-state index in [1.54, 1.807) is 30.0 Å². The third-order valence-corrected chi connectivity index (χ3v) is 4.36. The highest BCUT2D eigenvalue weighted by Gasteiger charge is 2.19. The van der Waals surface area contributed by atoms with Crippen molar-refractivity contribution in [3.05, 3.63) is 53.7 Å². The summed E-state index contributed by atoms with van der Waals surface area (Å²) in [5.74, 6) is -0.197. The van der Waals surface area contributed by atoms with Crippen LogP contribution in [0.15, 0.2) is 42.5 Å². The van der Waals surface area contributed by atoms with Crippen LogP contribution in [0, 0.1) is 0 Å². The van der Waals surface area contributed by atoms with E-state index in [0.29, 0.717) is 37.5 Å². The highest BCUT2D eigenvalue weighted by Crippen LogP contribution is 2.20. The number of nitrogens with one attached hydrogen (secondary N) is 1. The van der Waals surface area contributed by atoms with Gasteiger partial charge in [-0.2, -0.15) is 0 Å². The lowest BCUT2D eigenvalue weighted by atomic mass is 10.1. The number of aliphatic hydroxyl groups excluding tert-OH is 1. The molecule has 2 aromatic rings. The molecule has 1 aliphatic heterocycles. The summed E-state index contributed by atoms with van der Waals surface area (Å²) in [5, 5.41) is 12.5. The lowest BCUT2D eigenvalue weighted by Crippen LogP contribution is -2.42. The molecule has 0 bridgehead atoms. The summed E-state index contributed by atoms with van der Waals surface area (Å²) in [6.07, 6.45) is -0.148. The molecule has 1 aromatic carbocycles. The number of rotatable bonds is 6. The van der Waals surface area contributed by atoms with Crippen LogP contribution >= 0.6 is 0 Å². The first-order valence-corrected chi connectivity index (χ1v) is 9.00. The van der Waals surface area contributed by atoms with Crippen LogP contribution in [-0.2, 0) is 4.74 Å². The Hall–Kier alpha value is -2.93. The Kier molecular flexibility index (Phi) is 6.03. The van der Waals surface area contributed by atoms with Crippen molar-refractivity contribution in [3.8, 4) is 11.3 Å². The summed E-state index contributed by atoms with van der Waals surface area (Å²) < 4.78 is 4.96. The third-order valence-electron chi connectivity index (χ3n) is 4.36. The normalized spacial score (nSPS) is 15.2. The van der Waals surface area contributed by atoms with Gasteiger partial charge in [0, 0.05) is 30.8 Å². The number of carbonyl (C=O) groups is 2. The van der Waals surface area contributed by atoms with Gasteiger partial charge in [-0.05, 0) is 37.6 Å². The number of carbonyl (C=O) groups excluding carboxylic acids is 2. The van der Waals surface area contributed by atoms with Crippen LogP contribution in [0.3, 0.4) is 0 Å². The lowest BCUT2D eigenvalue weighted by molar-refractivity contribution is 0.0719. The standard InChI is InChI=1S/C20H23N3O4/c1-14(24)17-4-2-5-18(22-17)15-6-8-16(9-7-15)19(25)21-10-12-23-11-3-13-27-20(23)26/h2,4-9,14,24H,3,10-13H2,1H3,(H,21,25)/t14-/m1/s1. The molecule has 1 aliphatic rings. The van der Waals surface area contributed by atoms with Crippen LogP contribution in [0.25, 0.3) is 11.3 Å². The molecule has 0 radical (unpaired) electrons. The fraction of sp³-hybridized carbons (Fsp3) is 0.350. The molecule has 0 aliphatic carbocycles. The van der Waals surface area contributed by atoms with Crippen LogP contribution in [-0.4, -0.2) is 53.2 Å². The Balaban J connectivity index is 1.57. The number of pyridine rings is 1. The Bertz CT molecular complexity index is 805. The van der Waals surface area contributed by atoms with Crippen molar-refractivity contribution in [2.45, 2.75) is 19.4 Å². The van der Waals surface area contributed by atoms with Gasteiger partial charge in [0.2, 0.25) is 0 Å². The van der Waals surface area contributed by atoms with Gasteiger partial charge in [0.25, 0.3) is 5.91 Å². The largest absolute Gasteiger partial charge is 0.449 e. The SMILES string of the molecule is C[C@@H](O)c1cccc(-c2ccc(C(=O)NCCN3CCCOC3=O)cc2)n1. The molecule has 2 amide bonds. The van der Waals surface area contributed by atoms with Crippen molar-refractivity contribution in [3.63, 3.8) is 0 Å². The number of ether oxygens (including phenoxy) is 1. The maximum absolute atomic E-state index is 12.3. The number of cyclic esters (lactones) is 1. The first kappa shape index (κ1) is 18.8. The average Bonchev–Trinajstić information content (AvgIpc) is 2.69. The molecule has 142 valence electrons. The monoisotopic (exact) mass is 369 g/mol. The summed E-state index contributed by atoms with van der Waals surface area (Å²) in [7, 11) is 0. The molecule has 7 nitrogen and oxygen atoms in total. The van der Waals surface area contributed by atoms with Gasteiger partial charge in [-0.15, -0.1) is 0 Å². The minimum Gasteiger partial charge on any atom is -0.449 e. The quantitative estimate of drug-likeness (QED) is 0.816. The number of amides is 2. The van der Waals surface area contributed by atoms with Crippen LogP contribution < -0.4 is 5.32 Å². The number of hydrogen-bond donors (Lipinski definition) is 2. The molecule has 0 saturated carbocycles. The predicted molar refractivity (Wildman–Crippen MR) is 100 cm³/mol. The molecule has 1 saturated heterocycles. The van der Waals surface area contributed by atoms with Crippen LogP contribution in [0.2, 0.25) is 0 Å². The molecule has 1 fully saturated rings. The summed E-state index contributed by atoms with van der Waals surface area (Å²) in [4.78, 5) is 29.8. The third kappa shape index (κ3) is 4.83. The van der Waals surface area contributed by atoms with Gasteiger partial charge >= 0.3 is 6.09 Å². The van der Waals surface area contributed by atoms with Gasteiger partial charge in [-0.25, -0.2) is 4.79 Å². The second-order valence-electron chi connectivity index (χ2n) is 6.41. The second kappa shape index (κ2) is 8.64. The summed E-state index contributed by atoms with van der Waals surface area (Å²) >= 11 is 0. The first-order chi connectivity index (χ1) is 13.0. The maximum Gasteiger partial charge on any atom is 0.409 e. The Morgan fingerprint density at radius 3 is 2.78 bits per heavy atom. The van der Waals surface area contributed by atoms with E-state index in [9.17, 15) is 14.7 Å². The summed E-state index contributed by atoms with van der Waals surface area (Å²) in [5.41, 5.74) is 2.74. The molecule has 1 atom stereocenters. The molecular formula is C20H23N3O4. The first-order valence-electron chi connectivity index (χ1n) is 9.00. The molecule has 27 heavy (non-hydrogen) atoms. The molecule has 1 aromatic heterocycles. The van der Waals surface area contributed by atoms with Gasteiger partial charge in [-0.3, -0.25) is 9.78 Å². The van der Waals surface area contributed by atoms with E-state index in [0.717, 1.165) is 17.7 Å². The van der Waals surface area contributed by atoms with E-state index < -0.39 is 6.10 Å². The van der Waals surface area contributed by atoms with Gasteiger partial charge < -0.3 is 20.1 Å². The molecule has 0 spiro atoms. The summed E-state index contributed by atoms with van der Waals surface area (Å²) in [6, 6.07) is 12.6. The fourth-order valence-electron chi connectivity index (χ4n) is 2.84. The highest BCUT2D eigenvalue weighted by molar-refractivity contribution is 5.94. The summed E-state index contributed by atoms with van der Waals surface area (Å²) in [6.45, 7) is 3.58. The molecule has 2 heterocycles. The smallest absolute Gasteiger partial charge is 0.409 e. The van der Waals surface area contributed by atoms with Crippen LogP contribution in [0.5, 0.6) is 0 Å². The zero-order chi connectivity index (χ0) is 19.2. The predicted octanol–water partition coefficient (Wildman–Crippen LogP) is 2.37. The van der Waals surface area contributed by atoms with Crippen LogP contribution in [0.4, 0.5) is 4.79 Å². The van der Waals surface area contributed by atoms with E-state index in [1.807, 2.05) is 24.3 Å². The van der Waals surface area contributed by atoms with Crippen molar-refractivity contribution in [2.24, 2.45) is 0 Å². The topological polar surface area (TPSA) is 91.8 Å². The number of benzene rings is 1. The van der Waals surface area contributed by atoms with E-state index in [2.05, 4.69) is 10.3 Å². The van der Waals surface area contributed by atoms with E-state index in [4.69, 9.17) is 4.74 Å². The lowest BCUT2D eigenvalue weighted by Gasteiger charge is -2.26. The maximum atomic E-state index is 12.3. The number of nitrogens with zero attached hydrogens (tertiary/aromatic N) is 2. The van der Waals surface area contributed by atoms with E-state index in [1.165, 1.54) is 0 Å². The minimum absolute atomic E-state index is 0.197. The number of hydrogen-bond acceptors (Lipinski definition) is 5. The van der Waals surface area contributed by atoms with Crippen molar-refractivity contribution in [2.75, 3.05) is 26.2 Å². The van der Waals surface area contributed by atoms with Crippen molar-refractivity contribution in [1.82, 2.24) is 15.2 Å². The van der Waals surface area contributed by atoms with Crippen molar-refractivity contribution in [1.29, 1.82) is 0 Å². The Labute approximate surface area is 158 Å². The molecule has 2 N–H and O–H groups in total. The second-order valence-corrected chi connectivity index (χ2v) is 6.41. The van der Waals surface area contributed by atoms with Crippen molar-refractivity contribution >= 4 is 12.0 Å². The van der Waals surface area contributed by atoms with Crippen LogP contribution in [0.1, 0.15) is 35.5 Å². The average molecular weight is 369 g/mol. The molecular weight excluding hydrogens is 346 g/mol. The van der Waals surface area contributed by atoms with E-state index >= 15 is 0 Å². The Morgan fingerprint density at radius 2 is 2.07 bits per heavy atom. The number of aliphatic hydroxyl groups is 1. The zero-order valence-corrected chi connectivity index (χ0v) is 15.2. The fourth-order valence-corrected chi connectivity index (χ4v) is 2.84. The Morgan fingerprint density at radius 1 is 1.30 bits per heavy atom. The van der Waals surface area contributed by atoms with Crippen molar-refractivity contribution < 1.29 is 19.4 Å². The molecule has 3 rings (SSSR count). The molecule has 7 heteroatoms. The van der Waals surface area contributed by atoms with Gasteiger partial charge in [0.15, 0.2) is 0 Å². The van der Waals surface area contributed by atoms with Gasteiger partial charge in [0.1, 0.15) is 0 Å². The zero-order valence-electron chi connectivity index (χ0n) is 15.2. The highest BCUT2D eigenvalue weighted by atomic mass is 16.6. The van der Waals surface area contributed by atoms with E-state index in [-0.39, 0.29) is 12.0 Å². The number of aromatic nitrogens is 1. The van der Waals surface area contributed by atoms with Gasteiger partial charge in [0.05, 0.1) is 24.1 Å². The van der Waals surface area contributed by atoms with Gasteiger partial charge in [-0.1, -0.05) is 18.2 Å². The molecule has 0 unspecified atom stereocenters.